The van der Waals surface area contributed by atoms with E-state index in [1.165, 1.54) is 7.11 Å². The summed E-state index contributed by atoms with van der Waals surface area (Å²) >= 11 is 0. The van der Waals surface area contributed by atoms with Crippen LogP contribution in [0, 0.1) is 0 Å². The minimum atomic E-state index is -0.196. The quantitative estimate of drug-likeness (QED) is 0.143. The van der Waals surface area contributed by atoms with Gasteiger partial charge in [0.25, 0.3) is 5.91 Å². The van der Waals surface area contributed by atoms with Crippen LogP contribution in [0.2, 0.25) is 0 Å². The predicted molar refractivity (Wildman–Crippen MR) is 187 cm³/mol. The van der Waals surface area contributed by atoms with Crippen molar-refractivity contribution in [1.29, 1.82) is 0 Å². The van der Waals surface area contributed by atoms with Crippen LogP contribution in [-0.2, 0) is 25.3 Å². The molecule has 2 aliphatic heterocycles. The molecule has 6 rings (SSSR count). The first kappa shape index (κ1) is 33.5. The number of piperidine rings is 1. The number of ether oxygens (including phenoxy) is 2. The molecule has 2 amide bonds. The van der Waals surface area contributed by atoms with E-state index in [0.29, 0.717) is 52.8 Å². The number of hydrogen-bond donors (Lipinski definition) is 1. The molecule has 0 unspecified atom stereocenters. The molecule has 1 atom stereocenters. The lowest BCUT2D eigenvalue weighted by Gasteiger charge is -2.32. The predicted octanol–water partition coefficient (Wildman–Crippen LogP) is 6.18. The summed E-state index contributed by atoms with van der Waals surface area (Å²) < 4.78 is 15.0. The number of methoxy groups -OCH3 is 1. The van der Waals surface area contributed by atoms with Crippen LogP contribution in [0.3, 0.4) is 0 Å². The number of amides is 2. The van der Waals surface area contributed by atoms with Gasteiger partial charge in [-0.15, -0.1) is 0 Å². The average molecular weight is 664 g/mol. The van der Waals surface area contributed by atoms with Crippen LogP contribution in [-0.4, -0.2) is 69.9 Å². The van der Waals surface area contributed by atoms with Crippen molar-refractivity contribution in [3.8, 4) is 22.6 Å². The van der Waals surface area contributed by atoms with Gasteiger partial charge in [0.15, 0.2) is 23.1 Å². The summed E-state index contributed by atoms with van der Waals surface area (Å²) in [5, 5.41) is 2.88. The number of aromatic nitrogens is 2. The third kappa shape index (κ3) is 7.35. The highest BCUT2D eigenvalue weighted by Gasteiger charge is 2.31. The summed E-state index contributed by atoms with van der Waals surface area (Å²) in [5.41, 5.74) is 5.49. The molecule has 4 heterocycles. The summed E-state index contributed by atoms with van der Waals surface area (Å²) in [6.45, 7) is 2.52. The van der Waals surface area contributed by atoms with Gasteiger partial charge in [-0.2, -0.15) is 0 Å². The van der Waals surface area contributed by atoms with E-state index in [9.17, 15) is 19.2 Å². The molecule has 1 N–H and O–H groups in total. The van der Waals surface area contributed by atoms with Crippen molar-refractivity contribution in [2.45, 2.75) is 51.5 Å². The number of anilines is 1. The van der Waals surface area contributed by atoms with Gasteiger partial charge in [-0.05, 0) is 55.0 Å². The fourth-order valence-electron chi connectivity index (χ4n) is 6.50. The minimum absolute atomic E-state index is 0.00355. The largest absolute Gasteiger partial charge is 0.493 e. The van der Waals surface area contributed by atoms with Gasteiger partial charge < -0.3 is 28.8 Å². The molecule has 0 aliphatic carbocycles. The van der Waals surface area contributed by atoms with Crippen molar-refractivity contribution < 1.29 is 28.7 Å². The highest BCUT2D eigenvalue weighted by Crippen LogP contribution is 2.38. The molecule has 11 heteroatoms. The van der Waals surface area contributed by atoms with Gasteiger partial charge in [0.2, 0.25) is 5.91 Å². The second kappa shape index (κ2) is 14.3. The molecule has 0 saturated carbocycles. The normalized spacial score (nSPS) is 15.3. The third-order valence-corrected chi connectivity index (χ3v) is 9.11. The number of nitrogens with one attached hydrogen (secondary N) is 1. The monoisotopic (exact) mass is 663 g/mol. The van der Waals surface area contributed by atoms with Gasteiger partial charge in [-0.25, -0.2) is 0 Å². The van der Waals surface area contributed by atoms with Gasteiger partial charge >= 0.3 is 0 Å². The van der Waals surface area contributed by atoms with Gasteiger partial charge in [0.1, 0.15) is 0 Å². The lowest BCUT2D eigenvalue weighted by atomic mass is 10.0. The Morgan fingerprint density at radius 2 is 1.71 bits per heavy atom. The summed E-state index contributed by atoms with van der Waals surface area (Å²) in [7, 11) is 5.15. The molecule has 0 bridgehead atoms. The maximum atomic E-state index is 13.2. The molecule has 1 saturated heterocycles. The fourth-order valence-corrected chi connectivity index (χ4v) is 6.50. The van der Waals surface area contributed by atoms with Gasteiger partial charge in [-0.1, -0.05) is 24.3 Å². The Bertz CT molecular complexity index is 1940. The Balaban J connectivity index is 1.01. The first-order chi connectivity index (χ1) is 23.6. The Morgan fingerprint density at radius 3 is 2.45 bits per heavy atom. The van der Waals surface area contributed by atoms with E-state index in [2.05, 4.69) is 10.3 Å². The SMILES string of the molecule is COc1cc2c(cc1OCCCC(=O)Nc1cc(C(=O)Cc3ccc(-c4cc(C(C)=O)n(C)c4)cc3)n(C)c1)N=C[C@@H]1CCCCN1C2=O. The molecular formula is C38H41N5O6. The molecular weight excluding hydrogens is 622 g/mol. The van der Waals surface area contributed by atoms with Crippen molar-refractivity contribution in [3.05, 3.63) is 83.4 Å². The van der Waals surface area contributed by atoms with Gasteiger partial charge in [0.05, 0.1) is 48.1 Å². The van der Waals surface area contributed by atoms with Crippen molar-refractivity contribution in [3.63, 3.8) is 0 Å². The summed E-state index contributed by atoms with van der Waals surface area (Å²) in [6, 6.07) is 14.7. The molecule has 4 aromatic rings. The Kier molecular flexibility index (Phi) is 9.80. The lowest BCUT2D eigenvalue weighted by molar-refractivity contribution is -0.116. The molecule has 2 aromatic carbocycles. The second-order valence-electron chi connectivity index (χ2n) is 12.7. The number of benzene rings is 2. The Hall–Kier alpha value is -5.45. The van der Waals surface area contributed by atoms with E-state index >= 15 is 0 Å². The molecule has 11 nitrogen and oxygen atoms in total. The van der Waals surface area contributed by atoms with E-state index in [1.54, 1.807) is 42.9 Å². The van der Waals surface area contributed by atoms with Crippen molar-refractivity contribution in [1.82, 2.24) is 14.0 Å². The Labute approximate surface area is 285 Å². The summed E-state index contributed by atoms with van der Waals surface area (Å²) in [4.78, 5) is 57.5. The smallest absolute Gasteiger partial charge is 0.256 e. The minimum Gasteiger partial charge on any atom is -0.493 e. The standard InChI is InChI=1S/C38H41N5O6/c1-24(44)32-17-27(22-41(32)2)26-12-10-25(11-13-26)16-34(45)33-18-28(23-42(33)3)40-37(46)9-7-15-49-36-20-31-30(19-35(36)48-4)38(47)43-14-6-5-8-29(43)21-39-31/h10-13,17-23,29H,5-9,14-16H2,1-4H3,(H,40,46)/t29-/m0/s1. The fraction of sp³-hybridized carbons (Fsp3) is 0.342. The number of carbonyl (C=O) groups is 4. The van der Waals surface area contributed by atoms with E-state index in [0.717, 1.165) is 36.0 Å². The molecule has 1 fully saturated rings. The van der Waals surface area contributed by atoms with E-state index in [-0.39, 0.29) is 48.9 Å². The molecule has 49 heavy (non-hydrogen) atoms. The number of fused-ring (bicyclic) bond motifs is 2. The topological polar surface area (TPSA) is 124 Å². The number of hydrogen-bond acceptors (Lipinski definition) is 7. The van der Waals surface area contributed by atoms with Crippen LogP contribution in [0.1, 0.15) is 75.9 Å². The zero-order chi connectivity index (χ0) is 34.7. The zero-order valence-corrected chi connectivity index (χ0v) is 28.3. The zero-order valence-electron chi connectivity index (χ0n) is 28.3. The van der Waals surface area contributed by atoms with Crippen LogP contribution in [0.4, 0.5) is 11.4 Å². The highest BCUT2D eigenvalue weighted by atomic mass is 16.5. The van der Waals surface area contributed by atoms with E-state index < -0.39 is 0 Å². The van der Waals surface area contributed by atoms with Crippen LogP contribution in [0.25, 0.3) is 11.1 Å². The van der Waals surface area contributed by atoms with Crippen LogP contribution in [0.5, 0.6) is 11.5 Å². The van der Waals surface area contributed by atoms with Crippen molar-refractivity contribution >= 4 is 41.0 Å². The van der Waals surface area contributed by atoms with Crippen molar-refractivity contribution in [2.75, 3.05) is 25.6 Å². The Morgan fingerprint density at radius 1 is 0.939 bits per heavy atom. The number of Topliss-reactive ketones (excluding diaryl/α,β-unsaturated/α-hetero) is 2. The van der Waals surface area contributed by atoms with E-state index in [4.69, 9.17) is 9.47 Å². The number of aryl methyl sites for hydroxylation is 2. The van der Waals surface area contributed by atoms with Crippen LogP contribution < -0.4 is 14.8 Å². The maximum absolute atomic E-state index is 13.2. The second-order valence-corrected chi connectivity index (χ2v) is 12.7. The van der Waals surface area contributed by atoms with E-state index in [1.807, 2.05) is 59.3 Å². The molecule has 0 radical (unpaired) electrons. The van der Waals surface area contributed by atoms with Gasteiger partial charge in [-0.3, -0.25) is 24.2 Å². The number of carbonyl (C=O) groups excluding carboxylic acids is 4. The molecule has 2 aromatic heterocycles. The summed E-state index contributed by atoms with van der Waals surface area (Å²) in [6.07, 6.45) is 9.31. The maximum Gasteiger partial charge on any atom is 0.256 e. The van der Waals surface area contributed by atoms with Crippen LogP contribution in [0.15, 0.2) is 65.9 Å². The molecule has 2 aliphatic rings. The lowest BCUT2D eigenvalue weighted by Crippen LogP contribution is -2.43. The number of ketones is 2. The molecule has 254 valence electrons. The number of aliphatic imine (C=N–C) groups is 1. The number of nitrogens with zero attached hydrogens (tertiary/aromatic N) is 4. The molecule has 0 spiro atoms. The average Bonchev–Trinajstić information content (AvgIpc) is 3.63. The third-order valence-electron chi connectivity index (χ3n) is 9.11. The first-order valence-corrected chi connectivity index (χ1v) is 16.6. The first-order valence-electron chi connectivity index (χ1n) is 16.6. The summed E-state index contributed by atoms with van der Waals surface area (Å²) in [5.74, 6) is 0.603. The number of rotatable bonds is 12. The van der Waals surface area contributed by atoms with Crippen molar-refractivity contribution in [2.24, 2.45) is 19.1 Å². The van der Waals surface area contributed by atoms with Gasteiger partial charge in [0, 0.05) is 70.6 Å². The highest BCUT2D eigenvalue weighted by molar-refractivity contribution is 6.03. The van der Waals surface area contributed by atoms with Crippen LogP contribution >= 0.6 is 0 Å².